The minimum absolute atomic E-state index is 0.0632. The fourth-order valence-corrected chi connectivity index (χ4v) is 2.21. The smallest absolute Gasteiger partial charge is 0.324 e. The Balaban J connectivity index is 0.000000637. The first-order chi connectivity index (χ1) is 9.16. The number of amides is 2. The van der Waals surface area contributed by atoms with Crippen LogP contribution in [0.5, 0.6) is 0 Å². The van der Waals surface area contributed by atoms with Crippen LogP contribution in [0.25, 0.3) is 10.9 Å². The summed E-state index contributed by atoms with van der Waals surface area (Å²) in [5.41, 5.74) is 2.02. The van der Waals surface area contributed by atoms with Crippen molar-refractivity contribution in [1.29, 1.82) is 0 Å². The predicted molar refractivity (Wildman–Crippen MR) is 77.4 cm³/mol. The van der Waals surface area contributed by atoms with Crippen molar-refractivity contribution in [3.05, 3.63) is 24.4 Å². The summed E-state index contributed by atoms with van der Waals surface area (Å²) >= 11 is 0. The Hall–Kier alpha value is -2.04. The van der Waals surface area contributed by atoms with Crippen LogP contribution in [0.2, 0.25) is 0 Å². The Labute approximate surface area is 113 Å². The monoisotopic (exact) mass is 260 g/mol. The van der Waals surface area contributed by atoms with E-state index < -0.39 is 0 Å². The minimum Gasteiger partial charge on any atom is -0.326 e. The van der Waals surface area contributed by atoms with E-state index in [4.69, 9.17) is 0 Å². The van der Waals surface area contributed by atoms with E-state index in [0.717, 1.165) is 29.7 Å². The zero-order chi connectivity index (χ0) is 14.0. The summed E-state index contributed by atoms with van der Waals surface area (Å²) in [4.78, 5) is 15.4. The Morgan fingerprint density at radius 3 is 2.53 bits per heavy atom. The van der Waals surface area contributed by atoms with E-state index in [2.05, 4.69) is 5.10 Å². The molecule has 0 atom stereocenters. The zero-order valence-corrected chi connectivity index (χ0v) is 11.9. The van der Waals surface area contributed by atoms with Gasteiger partial charge in [-0.3, -0.25) is 9.58 Å². The van der Waals surface area contributed by atoms with Gasteiger partial charge in [-0.05, 0) is 18.2 Å². The van der Waals surface area contributed by atoms with E-state index in [1.807, 2.05) is 57.0 Å². The number of hydrogen-bond donors (Lipinski definition) is 0. The average Bonchev–Trinajstić information content (AvgIpc) is 2.97. The van der Waals surface area contributed by atoms with Gasteiger partial charge < -0.3 is 4.90 Å². The normalized spacial score (nSPS) is 14.8. The summed E-state index contributed by atoms with van der Waals surface area (Å²) < 4.78 is 1.83. The van der Waals surface area contributed by atoms with Crippen molar-refractivity contribution in [2.75, 3.05) is 25.0 Å². The molecule has 5 heteroatoms. The third-order valence-corrected chi connectivity index (χ3v) is 3.26. The highest BCUT2D eigenvalue weighted by Gasteiger charge is 2.26. The molecule has 3 rings (SSSR count). The van der Waals surface area contributed by atoms with Gasteiger partial charge in [-0.25, -0.2) is 4.79 Å². The van der Waals surface area contributed by atoms with Gasteiger partial charge in [0, 0.05) is 38.3 Å². The molecule has 0 saturated carbocycles. The molecule has 2 amide bonds. The number of aromatic nitrogens is 2. The van der Waals surface area contributed by atoms with Crippen molar-refractivity contribution in [3.63, 3.8) is 0 Å². The molecule has 0 unspecified atom stereocenters. The number of aryl methyl sites for hydroxylation is 1. The first kappa shape index (κ1) is 13.4. The molecule has 5 nitrogen and oxygen atoms in total. The Morgan fingerprint density at radius 2 is 1.89 bits per heavy atom. The lowest BCUT2D eigenvalue weighted by Crippen LogP contribution is -2.29. The highest BCUT2D eigenvalue weighted by Crippen LogP contribution is 2.24. The maximum absolute atomic E-state index is 11.9. The highest BCUT2D eigenvalue weighted by atomic mass is 16.2. The minimum atomic E-state index is 0.0632. The number of likely N-dealkylation sites (N-methyl/N-ethyl adjacent to an activating group) is 1. The third kappa shape index (κ3) is 2.28. The molecule has 1 saturated heterocycles. The van der Waals surface area contributed by atoms with Crippen molar-refractivity contribution in [1.82, 2.24) is 14.7 Å². The zero-order valence-electron chi connectivity index (χ0n) is 11.9. The van der Waals surface area contributed by atoms with E-state index in [-0.39, 0.29) is 6.03 Å². The Bertz CT molecular complexity index is 590. The number of carbonyl (C=O) groups excluding carboxylic acids is 1. The summed E-state index contributed by atoms with van der Waals surface area (Å²) in [7, 11) is 3.74. The van der Waals surface area contributed by atoms with Crippen molar-refractivity contribution < 1.29 is 4.79 Å². The molecule has 1 fully saturated rings. The number of hydrogen-bond acceptors (Lipinski definition) is 2. The maximum atomic E-state index is 11.9. The highest BCUT2D eigenvalue weighted by molar-refractivity contribution is 5.96. The molecule has 0 N–H and O–H groups in total. The first-order valence-corrected chi connectivity index (χ1v) is 6.61. The first-order valence-electron chi connectivity index (χ1n) is 6.61. The Morgan fingerprint density at radius 1 is 1.16 bits per heavy atom. The second-order valence-electron chi connectivity index (χ2n) is 4.37. The lowest BCUT2D eigenvalue weighted by molar-refractivity contribution is 0.229. The van der Waals surface area contributed by atoms with Gasteiger partial charge in [0.05, 0.1) is 11.7 Å². The summed E-state index contributed by atoms with van der Waals surface area (Å²) in [6.07, 6.45) is 1.82. The van der Waals surface area contributed by atoms with Crippen LogP contribution < -0.4 is 4.90 Å². The van der Waals surface area contributed by atoms with Crippen LogP contribution >= 0.6 is 0 Å². The fourth-order valence-electron chi connectivity index (χ4n) is 2.21. The molecule has 2 heterocycles. The van der Waals surface area contributed by atoms with Crippen LogP contribution in [-0.2, 0) is 7.05 Å². The fraction of sp³-hybridized carbons (Fsp3) is 0.429. The van der Waals surface area contributed by atoms with Gasteiger partial charge in [0.15, 0.2) is 0 Å². The van der Waals surface area contributed by atoms with Crippen molar-refractivity contribution >= 4 is 22.6 Å². The molecule has 0 aliphatic carbocycles. The van der Waals surface area contributed by atoms with Crippen LogP contribution in [0.3, 0.4) is 0 Å². The van der Waals surface area contributed by atoms with E-state index in [9.17, 15) is 4.79 Å². The lowest BCUT2D eigenvalue weighted by Gasteiger charge is -2.16. The van der Waals surface area contributed by atoms with Gasteiger partial charge in [0.2, 0.25) is 0 Å². The molecule has 19 heavy (non-hydrogen) atoms. The number of nitrogens with zero attached hydrogens (tertiary/aromatic N) is 4. The van der Waals surface area contributed by atoms with Crippen molar-refractivity contribution in [2.24, 2.45) is 7.05 Å². The van der Waals surface area contributed by atoms with E-state index in [0.29, 0.717) is 0 Å². The van der Waals surface area contributed by atoms with Gasteiger partial charge in [-0.2, -0.15) is 5.10 Å². The quantitative estimate of drug-likeness (QED) is 0.790. The molecule has 0 radical (unpaired) electrons. The van der Waals surface area contributed by atoms with Crippen molar-refractivity contribution in [3.8, 4) is 0 Å². The second kappa shape index (κ2) is 5.30. The average molecular weight is 260 g/mol. The molecule has 0 bridgehead atoms. The molecule has 0 spiro atoms. The Kier molecular flexibility index (Phi) is 3.74. The van der Waals surface area contributed by atoms with Crippen LogP contribution in [0.15, 0.2) is 24.4 Å². The van der Waals surface area contributed by atoms with Gasteiger partial charge in [-0.15, -0.1) is 0 Å². The van der Waals surface area contributed by atoms with E-state index >= 15 is 0 Å². The molecule has 1 aromatic carbocycles. The standard InChI is InChI=1S/C12H14N4O.C2H6/c1-14-5-6-16(12(14)17)10-3-4-11-9(7-10)8-13-15(11)2;1-2/h3-4,7-8H,5-6H2,1-2H3;1-2H3. The second-order valence-corrected chi connectivity index (χ2v) is 4.37. The lowest BCUT2D eigenvalue weighted by atomic mass is 10.2. The largest absolute Gasteiger partial charge is 0.326 e. The SMILES string of the molecule is CC.CN1CCN(c2ccc3c(cnn3C)c2)C1=O. The predicted octanol–water partition coefficient (Wildman–Crippen LogP) is 2.47. The molecule has 2 aromatic rings. The molecular weight excluding hydrogens is 240 g/mol. The number of rotatable bonds is 1. The summed E-state index contributed by atoms with van der Waals surface area (Å²) in [6, 6.07) is 6.05. The molecular formula is C14H20N4O. The van der Waals surface area contributed by atoms with Crippen LogP contribution in [0.4, 0.5) is 10.5 Å². The number of carbonyl (C=O) groups is 1. The van der Waals surface area contributed by atoms with E-state index in [1.54, 1.807) is 9.80 Å². The van der Waals surface area contributed by atoms with Crippen LogP contribution in [0, 0.1) is 0 Å². The number of urea groups is 1. The molecule has 102 valence electrons. The molecule has 1 aliphatic heterocycles. The number of anilines is 1. The van der Waals surface area contributed by atoms with Gasteiger partial charge in [0.1, 0.15) is 0 Å². The summed E-state index contributed by atoms with van der Waals surface area (Å²) in [5.74, 6) is 0. The third-order valence-electron chi connectivity index (χ3n) is 3.26. The van der Waals surface area contributed by atoms with Crippen molar-refractivity contribution in [2.45, 2.75) is 13.8 Å². The number of fused-ring (bicyclic) bond motifs is 1. The summed E-state index contributed by atoms with van der Waals surface area (Å²) in [5, 5.41) is 5.26. The number of benzene rings is 1. The van der Waals surface area contributed by atoms with Gasteiger partial charge >= 0.3 is 6.03 Å². The van der Waals surface area contributed by atoms with Gasteiger partial charge in [-0.1, -0.05) is 13.8 Å². The maximum Gasteiger partial charge on any atom is 0.324 e. The molecule has 1 aliphatic rings. The van der Waals surface area contributed by atoms with Crippen LogP contribution in [-0.4, -0.2) is 40.8 Å². The van der Waals surface area contributed by atoms with E-state index in [1.165, 1.54) is 0 Å². The summed E-state index contributed by atoms with van der Waals surface area (Å²) in [6.45, 7) is 5.53. The van der Waals surface area contributed by atoms with Crippen LogP contribution in [0.1, 0.15) is 13.8 Å². The molecule has 1 aromatic heterocycles. The topological polar surface area (TPSA) is 41.4 Å². The van der Waals surface area contributed by atoms with Gasteiger partial charge in [0.25, 0.3) is 0 Å².